The first-order chi connectivity index (χ1) is 7.04. The molecule has 2 rings (SSSR count). The molecule has 1 heterocycles. The lowest BCUT2D eigenvalue weighted by Crippen LogP contribution is -2.10. The molecule has 1 saturated carbocycles. The number of hydrogen-bond donors (Lipinski definition) is 1. The van der Waals surface area contributed by atoms with E-state index in [4.69, 9.17) is 0 Å². The molecule has 0 amide bonds. The zero-order chi connectivity index (χ0) is 10.9. The van der Waals surface area contributed by atoms with Gasteiger partial charge >= 0.3 is 0 Å². The number of H-pyrrole nitrogens is 1. The van der Waals surface area contributed by atoms with Crippen molar-refractivity contribution >= 4 is 0 Å². The third-order valence-electron chi connectivity index (χ3n) is 2.97. The predicted molar refractivity (Wildman–Crippen MR) is 60.8 cm³/mol. The third kappa shape index (κ3) is 2.80. The normalized spacial score (nSPS) is 18.6. The van der Waals surface area contributed by atoms with Gasteiger partial charge in [-0.15, -0.1) is 0 Å². The summed E-state index contributed by atoms with van der Waals surface area (Å²) in [6.07, 6.45) is 6.20. The van der Waals surface area contributed by atoms with Crippen LogP contribution in [0.1, 0.15) is 64.0 Å². The van der Waals surface area contributed by atoms with Gasteiger partial charge in [-0.2, -0.15) is 5.10 Å². The molecule has 0 bridgehead atoms. The zero-order valence-electron chi connectivity index (χ0n) is 10.0. The number of hydrogen-bond acceptors (Lipinski definition) is 2. The molecule has 0 saturated heterocycles. The maximum Gasteiger partial charge on any atom is 0.153 e. The standard InChI is InChI=1S/C12H21N3/c1-12(2,3)8-10-13-11(15-14-10)9-6-4-5-7-9/h9H,4-8H2,1-3H3,(H,13,14,15). The van der Waals surface area contributed by atoms with Crippen LogP contribution in [0, 0.1) is 5.41 Å². The molecule has 0 atom stereocenters. The summed E-state index contributed by atoms with van der Waals surface area (Å²) in [6, 6.07) is 0. The van der Waals surface area contributed by atoms with Crippen molar-refractivity contribution in [2.75, 3.05) is 0 Å². The van der Waals surface area contributed by atoms with Gasteiger partial charge in [0.25, 0.3) is 0 Å². The van der Waals surface area contributed by atoms with E-state index in [0.717, 1.165) is 18.1 Å². The fraction of sp³-hybridized carbons (Fsp3) is 0.833. The minimum absolute atomic E-state index is 0.284. The molecule has 15 heavy (non-hydrogen) atoms. The molecule has 84 valence electrons. The van der Waals surface area contributed by atoms with Crippen molar-refractivity contribution < 1.29 is 0 Å². The van der Waals surface area contributed by atoms with Crippen molar-refractivity contribution in [3.63, 3.8) is 0 Å². The van der Waals surface area contributed by atoms with Gasteiger partial charge in [0.05, 0.1) is 0 Å². The molecule has 0 aromatic carbocycles. The van der Waals surface area contributed by atoms with Crippen molar-refractivity contribution in [1.29, 1.82) is 0 Å². The molecule has 1 aliphatic carbocycles. The van der Waals surface area contributed by atoms with E-state index in [-0.39, 0.29) is 5.41 Å². The Kier molecular flexibility index (Phi) is 2.81. The van der Waals surface area contributed by atoms with Crippen molar-refractivity contribution in [2.24, 2.45) is 5.41 Å². The van der Waals surface area contributed by atoms with E-state index in [9.17, 15) is 0 Å². The Balaban J connectivity index is 2.03. The van der Waals surface area contributed by atoms with E-state index in [2.05, 4.69) is 36.0 Å². The first-order valence-corrected chi connectivity index (χ1v) is 5.96. The summed E-state index contributed by atoms with van der Waals surface area (Å²) >= 11 is 0. The summed E-state index contributed by atoms with van der Waals surface area (Å²) in [5.74, 6) is 2.71. The van der Waals surface area contributed by atoms with Crippen molar-refractivity contribution in [1.82, 2.24) is 15.2 Å². The average Bonchev–Trinajstić information content (AvgIpc) is 2.68. The molecule has 0 aliphatic heterocycles. The van der Waals surface area contributed by atoms with E-state index in [1.165, 1.54) is 25.7 Å². The second-order valence-electron chi connectivity index (χ2n) is 5.86. The Hall–Kier alpha value is -0.860. The molecule has 1 aromatic heterocycles. The van der Waals surface area contributed by atoms with Gasteiger partial charge in [-0.1, -0.05) is 33.6 Å². The van der Waals surface area contributed by atoms with Gasteiger partial charge in [-0.05, 0) is 18.3 Å². The number of nitrogens with zero attached hydrogens (tertiary/aromatic N) is 2. The van der Waals surface area contributed by atoms with Gasteiger partial charge in [-0.25, -0.2) is 4.98 Å². The quantitative estimate of drug-likeness (QED) is 0.809. The van der Waals surface area contributed by atoms with Gasteiger partial charge in [-0.3, -0.25) is 5.10 Å². The smallest absolute Gasteiger partial charge is 0.153 e. The molecule has 1 fully saturated rings. The Morgan fingerprint density at radius 2 is 1.93 bits per heavy atom. The highest BCUT2D eigenvalue weighted by Gasteiger charge is 2.22. The zero-order valence-corrected chi connectivity index (χ0v) is 10.0. The molecule has 3 heteroatoms. The lowest BCUT2D eigenvalue weighted by Gasteiger charge is -2.15. The minimum atomic E-state index is 0.284. The van der Waals surface area contributed by atoms with E-state index in [0.29, 0.717) is 5.92 Å². The molecule has 0 unspecified atom stereocenters. The second-order valence-corrected chi connectivity index (χ2v) is 5.86. The lowest BCUT2D eigenvalue weighted by molar-refractivity contribution is 0.401. The summed E-state index contributed by atoms with van der Waals surface area (Å²) in [4.78, 5) is 4.61. The molecule has 0 spiro atoms. The average molecular weight is 207 g/mol. The maximum absolute atomic E-state index is 4.61. The highest BCUT2D eigenvalue weighted by molar-refractivity contribution is 5.01. The SMILES string of the molecule is CC(C)(C)Cc1nc(C2CCCC2)n[nH]1. The van der Waals surface area contributed by atoms with Gasteiger partial charge < -0.3 is 0 Å². The number of aromatic amines is 1. The summed E-state index contributed by atoms with van der Waals surface area (Å²) in [5, 5.41) is 7.42. The first kappa shape index (κ1) is 10.7. The highest BCUT2D eigenvalue weighted by atomic mass is 15.2. The fourth-order valence-corrected chi connectivity index (χ4v) is 2.26. The first-order valence-electron chi connectivity index (χ1n) is 5.96. The molecular weight excluding hydrogens is 186 g/mol. The van der Waals surface area contributed by atoms with Gasteiger partial charge in [0, 0.05) is 12.3 Å². The van der Waals surface area contributed by atoms with Crippen LogP contribution in [0.3, 0.4) is 0 Å². The largest absolute Gasteiger partial charge is 0.263 e. The van der Waals surface area contributed by atoms with Crippen LogP contribution in [0.25, 0.3) is 0 Å². The number of nitrogens with one attached hydrogen (secondary N) is 1. The van der Waals surface area contributed by atoms with Crippen molar-refractivity contribution in [2.45, 2.75) is 58.8 Å². The van der Waals surface area contributed by atoms with Crippen LogP contribution >= 0.6 is 0 Å². The van der Waals surface area contributed by atoms with E-state index in [1.54, 1.807) is 0 Å². The summed E-state index contributed by atoms with van der Waals surface area (Å²) in [7, 11) is 0. The van der Waals surface area contributed by atoms with Gasteiger partial charge in [0.1, 0.15) is 5.82 Å². The summed E-state index contributed by atoms with van der Waals surface area (Å²) in [6.45, 7) is 6.68. The van der Waals surface area contributed by atoms with Crippen molar-refractivity contribution in [3.05, 3.63) is 11.6 Å². The maximum atomic E-state index is 4.61. The Bertz CT molecular complexity index is 316. The van der Waals surface area contributed by atoms with Crippen molar-refractivity contribution in [3.8, 4) is 0 Å². The Morgan fingerprint density at radius 3 is 2.53 bits per heavy atom. The van der Waals surface area contributed by atoms with Crippen LogP contribution in [0.5, 0.6) is 0 Å². The van der Waals surface area contributed by atoms with E-state index >= 15 is 0 Å². The highest BCUT2D eigenvalue weighted by Crippen LogP contribution is 2.32. The van der Waals surface area contributed by atoms with Crippen LogP contribution in [0.2, 0.25) is 0 Å². The lowest BCUT2D eigenvalue weighted by atomic mass is 9.92. The van der Waals surface area contributed by atoms with Gasteiger partial charge in [0.15, 0.2) is 5.82 Å². The van der Waals surface area contributed by atoms with Gasteiger partial charge in [0.2, 0.25) is 0 Å². The fourth-order valence-electron chi connectivity index (χ4n) is 2.26. The molecule has 0 radical (unpaired) electrons. The summed E-state index contributed by atoms with van der Waals surface area (Å²) < 4.78 is 0. The molecule has 1 aliphatic rings. The minimum Gasteiger partial charge on any atom is -0.263 e. The molecule has 1 aromatic rings. The number of rotatable bonds is 2. The van der Waals surface area contributed by atoms with Crippen LogP contribution in [-0.4, -0.2) is 15.2 Å². The third-order valence-corrected chi connectivity index (χ3v) is 2.97. The monoisotopic (exact) mass is 207 g/mol. The van der Waals surface area contributed by atoms with Crippen LogP contribution < -0.4 is 0 Å². The summed E-state index contributed by atoms with van der Waals surface area (Å²) in [5.41, 5.74) is 0.284. The topological polar surface area (TPSA) is 41.6 Å². The second kappa shape index (κ2) is 3.95. The predicted octanol–water partition coefficient (Wildman–Crippen LogP) is 3.05. The van der Waals surface area contributed by atoms with E-state index in [1.807, 2.05) is 0 Å². The molecular formula is C12H21N3. The Morgan fingerprint density at radius 1 is 1.27 bits per heavy atom. The molecule has 1 N–H and O–H groups in total. The Labute approximate surface area is 91.7 Å². The molecule has 3 nitrogen and oxygen atoms in total. The number of aromatic nitrogens is 3. The van der Waals surface area contributed by atoms with E-state index < -0.39 is 0 Å². The van der Waals surface area contributed by atoms with Crippen LogP contribution in [-0.2, 0) is 6.42 Å². The van der Waals surface area contributed by atoms with Crippen LogP contribution in [0.4, 0.5) is 0 Å². The van der Waals surface area contributed by atoms with Crippen LogP contribution in [0.15, 0.2) is 0 Å².